The SMILES string of the molecule is O=P(O)(O)C(F)(F)c1ccc(CSc2cnc3ccccc3c2)cc1Br.[NaH].[NaH]. The molecule has 0 aliphatic heterocycles. The van der Waals surface area contributed by atoms with E-state index in [4.69, 9.17) is 9.79 Å². The van der Waals surface area contributed by atoms with Crippen LogP contribution in [0.4, 0.5) is 8.78 Å². The fourth-order valence-electron chi connectivity index (χ4n) is 2.35. The normalized spacial score (nSPS) is 11.6. The average molecular weight is 508 g/mol. The monoisotopic (exact) mass is 507 g/mol. The molecule has 3 rings (SSSR count). The molecule has 0 bridgehead atoms. The van der Waals surface area contributed by atoms with Crippen LogP contribution in [-0.4, -0.2) is 73.9 Å². The van der Waals surface area contributed by atoms with E-state index in [-0.39, 0.29) is 63.6 Å². The molecule has 0 atom stereocenters. The van der Waals surface area contributed by atoms with E-state index in [1.807, 2.05) is 30.3 Å². The summed E-state index contributed by atoms with van der Waals surface area (Å²) in [5, 5.41) is 1.01. The maximum absolute atomic E-state index is 13.8. The van der Waals surface area contributed by atoms with Gasteiger partial charge in [0.15, 0.2) is 0 Å². The van der Waals surface area contributed by atoms with E-state index in [9.17, 15) is 13.3 Å². The quantitative estimate of drug-likeness (QED) is 0.307. The minimum atomic E-state index is -5.60. The first kappa shape index (κ1) is 26.7. The van der Waals surface area contributed by atoms with Crippen LogP contribution in [0.15, 0.2) is 64.1 Å². The van der Waals surface area contributed by atoms with E-state index in [2.05, 4.69) is 20.9 Å². The molecule has 0 radical (unpaired) electrons. The summed E-state index contributed by atoms with van der Waals surface area (Å²) in [7, 11) is -5.60. The van der Waals surface area contributed by atoms with Crippen molar-refractivity contribution in [3.63, 3.8) is 0 Å². The van der Waals surface area contributed by atoms with Gasteiger partial charge in [0.1, 0.15) is 0 Å². The van der Waals surface area contributed by atoms with Crippen molar-refractivity contribution in [2.24, 2.45) is 0 Å². The minimum absolute atomic E-state index is 0. The average Bonchev–Trinajstić information content (AvgIpc) is 2.58. The second-order valence-corrected chi connectivity index (χ2v) is 9.10. The molecule has 0 aliphatic rings. The number of hydrogen-bond acceptors (Lipinski definition) is 3. The van der Waals surface area contributed by atoms with Crippen LogP contribution in [-0.2, 0) is 16.0 Å². The first-order valence-electron chi connectivity index (χ1n) is 7.38. The molecule has 3 aromatic rings. The molecule has 0 saturated carbocycles. The van der Waals surface area contributed by atoms with Gasteiger partial charge in [-0.3, -0.25) is 9.55 Å². The number of rotatable bonds is 5. The molecular weight excluding hydrogens is 493 g/mol. The predicted octanol–water partition coefficient (Wildman–Crippen LogP) is 4.22. The van der Waals surface area contributed by atoms with Crippen LogP contribution in [0.1, 0.15) is 11.1 Å². The van der Waals surface area contributed by atoms with Crippen LogP contribution in [0.3, 0.4) is 0 Å². The van der Waals surface area contributed by atoms with E-state index in [1.165, 1.54) is 23.9 Å². The van der Waals surface area contributed by atoms with Gasteiger partial charge in [-0.25, -0.2) is 0 Å². The number of benzene rings is 2. The third-order valence-electron chi connectivity index (χ3n) is 3.69. The van der Waals surface area contributed by atoms with Crippen LogP contribution in [0.25, 0.3) is 10.9 Å². The summed E-state index contributed by atoms with van der Waals surface area (Å²) in [5.74, 6) is 0.500. The summed E-state index contributed by atoms with van der Waals surface area (Å²) in [5.41, 5.74) is -3.34. The van der Waals surface area contributed by atoms with Gasteiger partial charge in [-0.2, -0.15) is 8.78 Å². The number of thioether (sulfide) groups is 1. The molecule has 4 nitrogen and oxygen atoms in total. The van der Waals surface area contributed by atoms with Crippen LogP contribution in [0, 0.1) is 0 Å². The molecule has 140 valence electrons. The Hall–Kier alpha value is 0.690. The third kappa shape index (κ3) is 6.11. The second-order valence-electron chi connectivity index (χ2n) is 5.55. The fraction of sp³-hybridized carbons (Fsp3) is 0.118. The number of nitrogens with zero attached hydrogens (tertiary/aromatic N) is 1. The zero-order valence-corrected chi connectivity index (χ0v) is 16.4. The Labute approximate surface area is 217 Å². The molecular formula is C17H15BrF2NNa2O3PS. The number of halogens is 3. The van der Waals surface area contributed by atoms with Crippen LogP contribution in [0.2, 0.25) is 0 Å². The molecule has 2 aromatic carbocycles. The van der Waals surface area contributed by atoms with Crippen LogP contribution < -0.4 is 0 Å². The summed E-state index contributed by atoms with van der Waals surface area (Å²) in [6.07, 6.45) is 1.75. The van der Waals surface area contributed by atoms with Gasteiger partial charge in [0.05, 0.1) is 5.52 Å². The Morgan fingerprint density at radius 2 is 1.79 bits per heavy atom. The van der Waals surface area contributed by atoms with Crippen molar-refractivity contribution >= 4 is 105 Å². The maximum atomic E-state index is 13.8. The first-order valence-corrected chi connectivity index (χ1v) is 10.8. The molecule has 1 aromatic heterocycles. The molecule has 0 spiro atoms. The predicted molar refractivity (Wildman–Crippen MR) is 116 cm³/mol. The number of hydrogen-bond donors (Lipinski definition) is 2. The summed E-state index contributed by atoms with van der Waals surface area (Å²) in [6, 6.07) is 13.6. The first-order chi connectivity index (χ1) is 12.2. The number of alkyl halides is 2. The fourth-order valence-corrected chi connectivity index (χ4v) is 4.53. The van der Waals surface area contributed by atoms with E-state index in [1.54, 1.807) is 6.20 Å². The summed E-state index contributed by atoms with van der Waals surface area (Å²) in [4.78, 5) is 23.0. The molecule has 11 heteroatoms. The van der Waals surface area contributed by atoms with Crippen molar-refractivity contribution in [3.05, 3.63) is 70.3 Å². The zero-order chi connectivity index (χ0) is 18.9. The van der Waals surface area contributed by atoms with E-state index >= 15 is 0 Å². The molecule has 0 amide bonds. The third-order valence-corrected chi connectivity index (χ3v) is 6.36. The summed E-state index contributed by atoms with van der Waals surface area (Å²) >= 11 is 4.48. The van der Waals surface area contributed by atoms with Crippen molar-refractivity contribution in [2.45, 2.75) is 16.3 Å². The van der Waals surface area contributed by atoms with E-state index in [0.29, 0.717) is 5.75 Å². The number of para-hydroxylation sites is 1. The van der Waals surface area contributed by atoms with Crippen molar-refractivity contribution < 1.29 is 23.1 Å². The van der Waals surface area contributed by atoms with Gasteiger partial charge in [0, 0.05) is 32.3 Å². The zero-order valence-electron chi connectivity index (χ0n) is 13.1. The van der Waals surface area contributed by atoms with Gasteiger partial charge >= 0.3 is 72.4 Å². The molecule has 0 unspecified atom stereocenters. The van der Waals surface area contributed by atoms with Gasteiger partial charge in [0.25, 0.3) is 0 Å². The Morgan fingerprint density at radius 3 is 2.43 bits per heavy atom. The Bertz CT molecular complexity index is 1020. The number of pyridine rings is 1. The molecule has 0 saturated heterocycles. The summed E-state index contributed by atoms with van der Waals surface area (Å²) in [6.45, 7) is 0. The Morgan fingerprint density at radius 1 is 1.11 bits per heavy atom. The molecule has 28 heavy (non-hydrogen) atoms. The standard InChI is InChI=1S/C17H13BrF2NO3PS.2Na.2H/c18-15-7-11(5-6-14(15)17(19,20)25(22,23)24)10-26-13-8-12-3-1-2-4-16(12)21-9-13;;;;/h1-9H,10H2,(H2,22,23,24);;;;. The molecule has 0 aliphatic carbocycles. The Balaban J connectivity index is 0.00000196. The number of aromatic nitrogens is 1. The van der Waals surface area contributed by atoms with Gasteiger partial charge in [-0.1, -0.05) is 46.3 Å². The van der Waals surface area contributed by atoms with Crippen molar-refractivity contribution in [1.82, 2.24) is 4.98 Å². The van der Waals surface area contributed by atoms with Crippen molar-refractivity contribution in [3.8, 4) is 0 Å². The van der Waals surface area contributed by atoms with E-state index in [0.717, 1.165) is 27.4 Å². The van der Waals surface area contributed by atoms with Gasteiger partial charge in [0.2, 0.25) is 0 Å². The summed E-state index contributed by atoms with van der Waals surface area (Å²) < 4.78 is 38.7. The van der Waals surface area contributed by atoms with Gasteiger partial charge in [-0.05, 0) is 23.8 Å². The second kappa shape index (κ2) is 10.8. The van der Waals surface area contributed by atoms with Crippen LogP contribution in [0.5, 0.6) is 0 Å². The molecule has 0 fully saturated rings. The molecule has 1 heterocycles. The Kier molecular flexibility index (Phi) is 10.3. The number of fused-ring (bicyclic) bond motifs is 1. The van der Waals surface area contributed by atoms with Gasteiger partial charge < -0.3 is 9.79 Å². The molecule has 2 N–H and O–H groups in total. The topological polar surface area (TPSA) is 70.4 Å². The van der Waals surface area contributed by atoms with Crippen molar-refractivity contribution in [1.29, 1.82) is 0 Å². The van der Waals surface area contributed by atoms with Gasteiger partial charge in [-0.15, -0.1) is 11.8 Å². The van der Waals surface area contributed by atoms with Crippen molar-refractivity contribution in [2.75, 3.05) is 0 Å². The van der Waals surface area contributed by atoms with E-state index < -0.39 is 18.8 Å². The van der Waals surface area contributed by atoms with Crippen LogP contribution >= 0.6 is 35.3 Å².